The lowest BCUT2D eigenvalue weighted by Crippen LogP contribution is -2.11. The van der Waals surface area contributed by atoms with Crippen molar-refractivity contribution >= 4 is 48.6 Å². The van der Waals surface area contributed by atoms with Gasteiger partial charge in [-0.1, -0.05) is 36.4 Å². The Hall–Kier alpha value is -2.39. The molecule has 3 heteroatoms. The van der Waals surface area contributed by atoms with Crippen LogP contribution >= 0.6 is 11.3 Å². The summed E-state index contributed by atoms with van der Waals surface area (Å²) in [4.78, 5) is 12.8. The van der Waals surface area contributed by atoms with Crippen LogP contribution in [0.15, 0.2) is 58.7 Å². The van der Waals surface area contributed by atoms with Crippen molar-refractivity contribution < 1.29 is 0 Å². The summed E-state index contributed by atoms with van der Waals surface area (Å²) >= 11 is 1.52. The van der Waals surface area contributed by atoms with Gasteiger partial charge in [-0.2, -0.15) is 0 Å². The predicted molar refractivity (Wildman–Crippen MR) is 85.2 cm³/mol. The lowest BCUT2D eigenvalue weighted by Gasteiger charge is -2.02. The van der Waals surface area contributed by atoms with Crippen LogP contribution < -0.4 is 5.56 Å². The highest BCUT2D eigenvalue weighted by atomic mass is 32.1. The Kier molecular flexibility index (Phi) is 1.76. The van der Waals surface area contributed by atoms with Gasteiger partial charge in [0.05, 0.1) is 11.0 Å². The van der Waals surface area contributed by atoms with Gasteiger partial charge in [0, 0.05) is 21.5 Å². The van der Waals surface area contributed by atoms with E-state index in [0.717, 1.165) is 37.3 Å². The summed E-state index contributed by atoms with van der Waals surface area (Å²) in [6, 6.07) is 16.5. The Labute approximate surface area is 117 Å². The molecule has 0 radical (unpaired) electrons. The minimum absolute atomic E-state index is 0.0971. The number of pyridine rings is 1. The molecule has 0 saturated heterocycles. The van der Waals surface area contributed by atoms with Gasteiger partial charge in [-0.3, -0.25) is 9.20 Å². The molecule has 0 fully saturated rings. The van der Waals surface area contributed by atoms with Crippen molar-refractivity contribution in [3.05, 3.63) is 64.3 Å². The van der Waals surface area contributed by atoms with Gasteiger partial charge in [0.2, 0.25) is 0 Å². The minimum atomic E-state index is 0.0971. The van der Waals surface area contributed by atoms with Crippen LogP contribution in [0.1, 0.15) is 0 Å². The first-order valence-corrected chi connectivity index (χ1v) is 7.39. The third kappa shape index (κ3) is 1.04. The van der Waals surface area contributed by atoms with E-state index >= 15 is 0 Å². The number of benzene rings is 2. The molecule has 0 bridgehead atoms. The average molecular weight is 275 g/mol. The van der Waals surface area contributed by atoms with Crippen LogP contribution in [0.3, 0.4) is 0 Å². The molecule has 2 aromatic carbocycles. The molecule has 0 aliphatic carbocycles. The van der Waals surface area contributed by atoms with Crippen molar-refractivity contribution in [2.24, 2.45) is 0 Å². The standard InChI is InChI=1S/C17H9NOS/c19-17-16-13(8-9-20-16)12-6-3-5-11-10-4-1-2-7-14(10)18(17)15(11)12/h1-9H. The first-order valence-electron chi connectivity index (χ1n) is 6.51. The summed E-state index contributed by atoms with van der Waals surface area (Å²) in [5.41, 5.74) is 2.14. The number of fused-ring (bicyclic) bond motifs is 5. The maximum Gasteiger partial charge on any atom is 0.273 e. The van der Waals surface area contributed by atoms with Gasteiger partial charge in [-0.05, 0) is 17.5 Å². The lowest BCUT2D eigenvalue weighted by atomic mass is 10.1. The van der Waals surface area contributed by atoms with Crippen LogP contribution in [0.5, 0.6) is 0 Å². The van der Waals surface area contributed by atoms with E-state index in [0.29, 0.717) is 0 Å². The molecule has 94 valence electrons. The van der Waals surface area contributed by atoms with Crippen molar-refractivity contribution in [2.45, 2.75) is 0 Å². The topological polar surface area (TPSA) is 21.5 Å². The van der Waals surface area contributed by atoms with Crippen LogP contribution in [0.25, 0.3) is 37.3 Å². The highest BCUT2D eigenvalue weighted by Crippen LogP contribution is 2.34. The fraction of sp³-hybridized carbons (Fsp3) is 0. The van der Waals surface area contributed by atoms with Gasteiger partial charge in [0.1, 0.15) is 4.70 Å². The molecule has 2 nitrogen and oxygen atoms in total. The van der Waals surface area contributed by atoms with E-state index in [-0.39, 0.29) is 5.56 Å². The Morgan fingerprint density at radius 1 is 0.800 bits per heavy atom. The van der Waals surface area contributed by atoms with Gasteiger partial charge in [0.15, 0.2) is 0 Å². The number of aromatic nitrogens is 1. The van der Waals surface area contributed by atoms with Gasteiger partial charge in [-0.25, -0.2) is 0 Å². The van der Waals surface area contributed by atoms with Crippen LogP contribution in [-0.2, 0) is 0 Å². The first kappa shape index (κ1) is 10.4. The molecule has 0 saturated carbocycles. The number of thiophene rings is 1. The number of para-hydroxylation sites is 2. The Bertz CT molecular complexity index is 1170. The smallest absolute Gasteiger partial charge is 0.273 e. The third-order valence-corrected chi connectivity index (χ3v) is 4.95. The van der Waals surface area contributed by atoms with Crippen LogP contribution in [-0.4, -0.2) is 4.40 Å². The fourth-order valence-electron chi connectivity index (χ4n) is 3.24. The Balaban J connectivity index is 2.36. The van der Waals surface area contributed by atoms with Crippen molar-refractivity contribution in [1.29, 1.82) is 0 Å². The van der Waals surface area contributed by atoms with Gasteiger partial charge < -0.3 is 0 Å². The zero-order chi connectivity index (χ0) is 13.3. The Morgan fingerprint density at radius 3 is 2.45 bits per heavy atom. The number of nitrogens with zero attached hydrogens (tertiary/aromatic N) is 1. The summed E-state index contributed by atoms with van der Waals surface area (Å²) in [5.74, 6) is 0. The average Bonchev–Trinajstić information content (AvgIpc) is 3.09. The SMILES string of the molecule is O=c1c2sccc2c2cccc3c4ccccc4n1c23. The lowest BCUT2D eigenvalue weighted by molar-refractivity contribution is 1.21. The quantitative estimate of drug-likeness (QED) is 0.414. The summed E-state index contributed by atoms with van der Waals surface area (Å²) in [5, 5.41) is 6.53. The van der Waals surface area contributed by atoms with E-state index in [1.165, 1.54) is 11.3 Å². The van der Waals surface area contributed by atoms with Gasteiger partial charge >= 0.3 is 0 Å². The largest absolute Gasteiger partial charge is 0.274 e. The molecule has 3 aromatic heterocycles. The number of hydrogen-bond acceptors (Lipinski definition) is 2. The maximum absolute atomic E-state index is 12.8. The molecule has 0 spiro atoms. The van der Waals surface area contributed by atoms with Crippen LogP contribution in [0.2, 0.25) is 0 Å². The van der Waals surface area contributed by atoms with Crippen LogP contribution in [0.4, 0.5) is 0 Å². The highest BCUT2D eigenvalue weighted by Gasteiger charge is 2.16. The Morgan fingerprint density at radius 2 is 1.55 bits per heavy atom. The molecule has 0 aliphatic rings. The van der Waals surface area contributed by atoms with E-state index in [9.17, 15) is 4.79 Å². The van der Waals surface area contributed by atoms with E-state index < -0.39 is 0 Å². The molecule has 3 heterocycles. The van der Waals surface area contributed by atoms with Crippen molar-refractivity contribution in [3.8, 4) is 0 Å². The zero-order valence-electron chi connectivity index (χ0n) is 10.5. The summed E-state index contributed by atoms with van der Waals surface area (Å²) < 4.78 is 2.71. The molecule has 5 aromatic rings. The summed E-state index contributed by atoms with van der Waals surface area (Å²) in [6.45, 7) is 0. The zero-order valence-corrected chi connectivity index (χ0v) is 11.3. The molecule has 20 heavy (non-hydrogen) atoms. The van der Waals surface area contributed by atoms with Crippen molar-refractivity contribution in [3.63, 3.8) is 0 Å². The minimum Gasteiger partial charge on any atom is -0.274 e. The van der Waals surface area contributed by atoms with Crippen molar-refractivity contribution in [2.75, 3.05) is 0 Å². The molecule has 0 atom stereocenters. The summed E-state index contributed by atoms with van der Waals surface area (Å²) in [7, 11) is 0. The number of rotatable bonds is 0. The predicted octanol–water partition coefficient (Wildman–Crippen LogP) is 4.26. The molecule has 0 aliphatic heterocycles. The van der Waals surface area contributed by atoms with Crippen LogP contribution in [0, 0.1) is 0 Å². The van der Waals surface area contributed by atoms with E-state index in [4.69, 9.17) is 0 Å². The van der Waals surface area contributed by atoms with E-state index in [1.54, 1.807) is 0 Å². The molecule has 0 amide bonds. The van der Waals surface area contributed by atoms with Crippen molar-refractivity contribution in [1.82, 2.24) is 4.40 Å². The normalized spacial score (nSPS) is 12.2. The van der Waals surface area contributed by atoms with E-state index in [1.807, 2.05) is 34.0 Å². The number of hydrogen-bond donors (Lipinski definition) is 0. The molecule has 0 N–H and O–H groups in total. The molecular weight excluding hydrogens is 266 g/mol. The highest BCUT2D eigenvalue weighted by molar-refractivity contribution is 7.17. The van der Waals surface area contributed by atoms with Gasteiger partial charge in [-0.15, -0.1) is 11.3 Å². The molecular formula is C17H9NOS. The second kappa shape index (κ2) is 3.38. The van der Waals surface area contributed by atoms with Gasteiger partial charge in [0.25, 0.3) is 5.56 Å². The van der Waals surface area contributed by atoms with E-state index in [2.05, 4.69) is 24.3 Å². The first-order chi connectivity index (χ1) is 9.86. The third-order valence-electron chi connectivity index (χ3n) is 4.05. The summed E-state index contributed by atoms with van der Waals surface area (Å²) in [6.07, 6.45) is 0. The molecule has 5 rings (SSSR count). The maximum atomic E-state index is 12.8. The monoisotopic (exact) mass is 275 g/mol. The second-order valence-electron chi connectivity index (χ2n) is 5.02. The molecule has 0 unspecified atom stereocenters. The second-order valence-corrected chi connectivity index (χ2v) is 5.94. The fourth-order valence-corrected chi connectivity index (χ4v) is 4.07.